The second-order valence-electron chi connectivity index (χ2n) is 3.85. The van der Waals surface area contributed by atoms with Crippen LogP contribution in [0.15, 0.2) is 48.5 Å². The van der Waals surface area contributed by atoms with Crippen LogP contribution in [0.25, 0.3) is 22.2 Å². The second kappa shape index (κ2) is 3.80. The van der Waals surface area contributed by atoms with Crippen LogP contribution in [0.4, 0.5) is 0 Å². The minimum absolute atomic E-state index is 0.683. The molecule has 0 unspecified atom stereocenters. The topological polar surface area (TPSA) is 39.6 Å². The van der Waals surface area contributed by atoms with Gasteiger partial charge < -0.3 is 4.98 Å². The summed E-state index contributed by atoms with van der Waals surface area (Å²) in [6, 6.07) is 20.7. The number of nitrogens with zero attached hydrogens (tertiary/aromatic N) is 1. The van der Waals surface area contributed by atoms with Gasteiger partial charge in [-0.2, -0.15) is 5.26 Å². The Morgan fingerprint density at radius 2 is 2.06 bits per heavy atom. The molecule has 2 nitrogen and oxygen atoms in total. The van der Waals surface area contributed by atoms with Crippen molar-refractivity contribution in [1.29, 1.82) is 5.26 Å². The van der Waals surface area contributed by atoms with Crippen LogP contribution < -0.4 is 0 Å². The number of benzene rings is 2. The molecule has 3 rings (SSSR count). The van der Waals surface area contributed by atoms with Crippen molar-refractivity contribution in [2.45, 2.75) is 0 Å². The Hall–Kier alpha value is -2.53. The van der Waals surface area contributed by atoms with E-state index in [1.165, 1.54) is 0 Å². The van der Waals surface area contributed by atoms with Crippen molar-refractivity contribution in [3.05, 3.63) is 60.2 Å². The van der Waals surface area contributed by atoms with E-state index in [2.05, 4.69) is 17.1 Å². The molecule has 0 atom stereocenters. The smallest absolute Gasteiger partial charge is 0.0998 e. The largest absolute Gasteiger partial charge is 0.354 e. The van der Waals surface area contributed by atoms with Gasteiger partial charge in [0, 0.05) is 22.2 Å². The fourth-order valence-electron chi connectivity index (χ4n) is 1.97. The average Bonchev–Trinajstić information content (AvgIpc) is 2.82. The maximum absolute atomic E-state index is 9.08. The minimum atomic E-state index is 0.683. The van der Waals surface area contributed by atoms with E-state index in [9.17, 15) is 0 Å². The summed E-state index contributed by atoms with van der Waals surface area (Å²) in [7, 11) is 0. The van der Waals surface area contributed by atoms with Crippen LogP contribution in [0.3, 0.4) is 0 Å². The van der Waals surface area contributed by atoms with Crippen LogP contribution in [0.5, 0.6) is 0 Å². The fourth-order valence-corrected chi connectivity index (χ4v) is 1.97. The summed E-state index contributed by atoms with van der Waals surface area (Å²) < 4.78 is 0. The number of nitriles is 1. The Balaban J connectivity index is 2.25. The van der Waals surface area contributed by atoms with Crippen LogP contribution in [-0.2, 0) is 0 Å². The lowest BCUT2D eigenvalue weighted by atomic mass is 10.1. The van der Waals surface area contributed by atoms with Gasteiger partial charge in [-0.15, -0.1) is 0 Å². The summed E-state index contributed by atoms with van der Waals surface area (Å²) >= 11 is 0. The Morgan fingerprint density at radius 1 is 1.18 bits per heavy atom. The summed E-state index contributed by atoms with van der Waals surface area (Å²) in [6.07, 6.45) is 0. The van der Waals surface area contributed by atoms with E-state index in [0.29, 0.717) is 5.56 Å². The molecule has 2 heteroatoms. The fraction of sp³-hybridized carbons (Fsp3) is 0. The van der Waals surface area contributed by atoms with Gasteiger partial charge in [0.2, 0.25) is 0 Å². The molecule has 2 aromatic carbocycles. The van der Waals surface area contributed by atoms with Gasteiger partial charge >= 0.3 is 0 Å². The van der Waals surface area contributed by atoms with Gasteiger partial charge in [0.05, 0.1) is 11.6 Å². The summed E-state index contributed by atoms with van der Waals surface area (Å²) in [4.78, 5) is 3.32. The Labute approximate surface area is 99.1 Å². The lowest BCUT2D eigenvalue weighted by molar-refractivity contribution is 1.42. The normalized spacial score (nSPS) is 10.3. The molecule has 1 N–H and O–H groups in total. The molecule has 0 amide bonds. The van der Waals surface area contributed by atoms with Crippen molar-refractivity contribution in [2.75, 3.05) is 0 Å². The van der Waals surface area contributed by atoms with Crippen LogP contribution in [-0.4, -0.2) is 4.98 Å². The molecule has 1 radical (unpaired) electrons. The van der Waals surface area contributed by atoms with Crippen molar-refractivity contribution in [1.82, 2.24) is 4.98 Å². The Bertz CT molecular complexity index is 684. The highest BCUT2D eigenvalue weighted by molar-refractivity contribution is 5.86. The van der Waals surface area contributed by atoms with Gasteiger partial charge in [-0.3, -0.25) is 0 Å². The van der Waals surface area contributed by atoms with E-state index in [-0.39, 0.29) is 0 Å². The van der Waals surface area contributed by atoms with Crippen LogP contribution in [0, 0.1) is 17.4 Å². The highest BCUT2D eigenvalue weighted by Gasteiger charge is 2.06. The molecule has 0 bridgehead atoms. The molecule has 0 aliphatic carbocycles. The molecule has 0 fully saturated rings. The zero-order valence-electron chi connectivity index (χ0n) is 9.07. The van der Waals surface area contributed by atoms with Gasteiger partial charge in [0.1, 0.15) is 0 Å². The molecule has 0 saturated heterocycles. The van der Waals surface area contributed by atoms with E-state index < -0.39 is 0 Å². The van der Waals surface area contributed by atoms with Crippen LogP contribution in [0.1, 0.15) is 5.56 Å². The quantitative estimate of drug-likeness (QED) is 0.665. The zero-order chi connectivity index (χ0) is 11.7. The van der Waals surface area contributed by atoms with Crippen molar-refractivity contribution in [3.63, 3.8) is 0 Å². The van der Waals surface area contributed by atoms with Gasteiger partial charge in [-0.25, -0.2) is 0 Å². The maximum atomic E-state index is 9.08. The number of hydrogen-bond donors (Lipinski definition) is 1. The number of aromatic nitrogens is 1. The van der Waals surface area contributed by atoms with E-state index >= 15 is 0 Å². The van der Waals surface area contributed by atoms with Crippen molar-refractivity contribution >= 4 is 10.9 Å². The number of rotatable bonds is 1. The third kappa shape index (κ3) is 1.58. The number of aromatic amines is 1. The first-order valence-corrected chi connectivity index (χ1v) is 5.37. The summed E-state index contributed by atoms with van der Waals surface area (Å²) in [6.45, 7) is 0. The predicted molar refractivity (Wildman–Crippen MR) is 67.3 cm³/mol. The molecule has 3 aromatic rings. The number of fused-ring (bicyclic) bond motifs is 1. The van der Waals surface area contributed by atoms with E-state index in [4.69, 9.17) is 5.26 Å². The van der Waals surface area contributed by atoms with E-state index in [1.54, 1.807) is 0 Å². The molecule has 0 spiro atoms. The molecular weight excluding hydrogens is 208 g/mol. The second-order valence-corrected chi connectivity index (χ2v) is 3.85. The van der Waals surface area contributed by atoms with Gasteiger partial charge in [0.15, 0.2) is 0 Å². The van der Waals surface area contributed by atoms with Crippen LogP contribution in [0.2, 0.25) is 0 Å². The van der Waals surface area contributed by atoms with Gasteiger partial charge in [-0.1, -0.05) is 24.3 Å². The predicted octanol–water partition coefficient (Wildman–Crippen LogP) is 3.51. The number of nitrogens with one attached hydrogen (secondary N) is 1. The molecule has 1 heterocycles. The van der Waals surface area contributed by atoms with E-state index in [0.717, 1.165) is 22.2 Å². The number of hydrogen-bond acceptors (Lipinski definition) is 1. The first-order chi connectivity index (χ1) is 8.38. The Morgan fingerprint density at radius 3 is 2.88 bits per heavy atom. The third-order valence-electron chi connectivity index (χ3n) is 2.80. The van der Waals surface area contributed by atoms with Crippen molar-refractivity contribution < 1.29 is 0 Å². The SMILES string of the molecule is N#Cc1ccccc1-c1cc2c[c]ccc2[nH]1. The lowest BCUT2D eigenvalue weighted by Crippen LogP contribution is -1.82. The van der Waals surface area contributed by atoms with Crippen molar-refractivity contribution in [2.24, 2.45) is 0 Å². The molecule has 1 aromatic heterocycles. The maximum Gasteiger partial charge on any atom is 0.0998 e. The highest BCUT2D eigenvalue weighted by Crippen LogP contribution is 2.26. The standard InChI is InChI=1S/C15H9N2/c16-10-12-6-1-3-7-13(12)15-9-11-5-2-4-8-14(11)17-15/h1,3-9,17H. The third-order valence-corrected chi connectivity index (χ3v) is 2.80. The summed E-state index contributed by atoms with van der Waals surface area (Å²) in [5, 5.41) is 10.2. The molecule has 0 saturated carbocycles. The number of H-pyrrole nitrogens is 1. The molecule has 17 heavy (non-hydrogen) atoms. The summed E-state index contributed by atoms with van der Waals surface area (Å²) in [5.74, 6) is 0. The van der Waals surface area contributed by atoms with E-state index in [1.807, 2.05) is 48.5 Å². The zero-order valence-corrected chi connectivity index (χ0v) is 9.07. The first-order valence-electron chi connectivity index (χ1n) is 5.37. The molecular formula is C15H9N2. The molecule has 0 aliphatic heterocycles. The van der Waals surface area contributed by atoms with Crippen LogP contribution >= 0.6 is 0 Å². The Kier molecular flexibility index (Phi) is 2.16. The summed E-state index contributed by atoms with van der Waals surface area (Å²) in [5.41, 5.74) is 3.65. The highest BCUT2D eigenvalue weighted by atomic mass is 14.7. The lowest BCUT2D eigenvalue weighted by Gasteiger charge is -1.99. The first kappa shape index (κ1) is 9.68. The van der Waals surface area contributed by atoms with Gasteiger partial charge in [0.25, 0.3) is 0 Å². The average molecular weight is 217 g/mol. The molecule has 79 valence electrons. The van der Waals surface area contributed by atoms with Gasteiger partial charge in [-0.05, 0) is 30.3 Å². The monoisotopic (exact) mass is 217 g/mol. The minimum Gasteiger partial charge on any atom is -0.354 e. The molecule has 0 aliphatic rings. The van der Waals surface area contributed by atoms with Crippen molar-refractivity contribution in [3.8, 4) is 17.3 Å².